The van der Waals surface area contributed by atoms with Crippen LogP contribution in [-0.2, 0) is 0 Å². The van der Waals surface area contributed by atoms with Gasteiger partial charge in [-0.2, -0.15) is 0 Å². The summed E-state index contributed by atoms with van der Waals surface area (Å²) in [6.07, 6.45) is 0. The van der Waals surface area contributed by atoms with E-state index in [2.05, 4.69) is 0 Å². The van der Waals surface area contributed by atoms with Crippen molar-refractivity contribution in [1.29, 1.82) is 0 Å². The van der Waals surface area contributed by atoms with Gasteiger partial charge in [-0.15, -0.1) is 0 Å². The van der Waals surface area contributed by atoms with Crippen LogP contribution in [-0.4, -0.2) is 11.8 Å². The SMILES string of the molecule is NC(CF)c1cc(F)c(O)c(F)c1. The molecule has 0 amide bonds. The lowest BCUT2D eigenvalue weighted by Gasteiger charge is -2.08. The summed E-state index contributed by atoms with van der Waals surface area (Å²) in [5.41, 5.74) is 5.17. The molecule has 0 saturated carbocycles. The molecule has 0 fully saturated rings. The van der Waals surface area contributed by atoms with E-state index >= 15 is 0 Å². The van der Waals surface area contributed by atoms with Crippen molar-refractivity contribution in [2.24, 2.45) is 5.73 Å². The van der Waals surface area contributed by atoms with E-state index in [0.717, 1.165) is 12.1 Å². The third-order valence-corrected chi connectivity index (χ3v) is 1.63. The number of phenols is 1. The van der Waals surface area contributed by atoms with Crippen LogP contribution in [0.3, 0.4) is 0 Å². The highest BCUT2D eigenvalue weighted by molar-refractivity contribution is 5.31. The Morgan fingerprint density at radius 1 is 1.31 bits per heavy atom. The summed E-state index contributed by atoms with van der Waals surface area (Å²) in [5.74, 6) is -3.35. The molecule has 1 unspecified atom stereocenters. The molecule has 1 aromatic rings. The van der Waals surface area contributed by atoms with E-state index in [1.165, 1.54) is 0 Å². The number of phenolic OH excluding ortho intramolecular Hbond substituents is 1. The molecule has 2 nitrogen and oxygen atoms in total. The van der Waals surface area contributed by atoms with Crippen LogP contribution in [0.15, 0.2) is 12.1 Å². The highest BCUT2D eigenvalue weighted by Gasteiger charge is 2.13. The van der Waals surface area contributed by atoms with Crippen LogP contribution in [0.25, 0.3) is 0 Å². The van der Waals surface area contributed by atoms with Gasteiger partial charge in [0.15, 0.2) is 17.4 Å². The molecule has 0 aliphatic carbocycles. The summed E-state index contributed by atoms with van der Waals surface area (Å²) >= 11 is 0. The standard InChI is InChI=1S/C8H8F3NO/c9-3-7(12)4-1-5(10)8(13)6(11)2-4/h1-2,7,13H,3,12H2. The van der Waals surface area contributed by atoms with Gasteiger partial charge in [0, 0.05) is 0 Å². The van der Waals surface area contributed by atoms with Crippen LogP contribution in [0, 0.1) is 11.6 Å². The van der Waals surface area contributed by atoms with E-state index in [9.17, 15) is 13.2 Å². The third-order valence-electron chi connectivity index (χ3n) is 1.63. The van der Waals surface area contributed by atoms with Gasteiger partial charge in [-0.3, -0.25) is 0 Å². The molecule has 0 heterocycles. The maximum absolute atomic E-state index is 12.7. The lowest BCUT2D eigenvalue weighted by Crippen LogP contribution is -2.12. The Labute approximate surface area is 72.8 Å². The summed E-state index contributed by atoms with van der Waals surface area (Å²) in [7, 11) is 0. The minimum atomic E-state index is -1.14. The number of rotatable bonds is 2. The second-order valence-electron chi connectivity index (χ2n) is 2.59. The van der Waals surface area contributed by atoms with Crippen molar-refractivity contribution in [2.45, 2.75) is 6.04 Å². The molecule has 13 heavy (non-hydrogen) atoms. The maximum atomic E-state index is 12.7. The van der Waals surface area contributed by atoms with Crippen molar-refractivity contribution in [2.75, 3.05) is 6.67 Å². The molecule has 1 aromatic carbocycles. The molecule has 0 aliphatic heterocycles. The summed E-state index contributed by atoms with van der Waals surface area (Å²) < 4.78 is 37.3. The average Bonchev–Trinajstić information content (AvgIpc) is 2.12. The third kappa shape index (κ3) is 1.92. The molecule has 1 atom stereocenters. The Morgan fingerprint density at radius 2 is 1.77 bits per heavy atom. The number of benzene rings is 1. The van der Waals surface area contributed by atoms with E-state index in [4.69, 9.17) is 10.8 Å². The highest BCUT2D eigenvalue weighted by atomic mass is 19.1. The van der Waals surface area contributed by atoms with Crippen molar-refractivity contribution in [3.8, 4) is 5.75 Å². The lowest BCUT2D eigenvalue weighted by atomic mass is 10.1. The smallest absolute Gasteiger partial charge is 0.187 e. The first-order chi connectivity index (χ1) is 6.06. The second kappa shape index (κ2) is 3.66. The zero-order valence-electron chi connectivity index (χ0n) is 6.60. The zero-order valence-corrected chi connectivity index (χ0v) is 6.60. The van der Waals surface area contributed by atoms with Crippen molar-refractivity contribution < 1.29 is 18.3 Å². The van der Waals surface area contributed by atoms with E-state index in [1.807, 2.05) is 0 Å². The summed E-state index contributed by atoms with van der Waals surface area (Å²) in [6.45, 7) is -0.913. The predicted molar refractivity (Wildman–Crippen MR) is 40.9 cm³/mol. The molecule has 0 radical (unpaired) electrons. The second-order valence-corrected chi connectivity index (χ2v) is 2.59. The highest BCUT2D eigenvalue weighted by Crippen LogP contribution is 2.24. The van der Waals surface area contributed by atoms with Gasteiger partial charge in [-0.05, 0) is 17.7 Å². The molecular formula is C8H8F3NO. The van der Waals surface area contributed by atoms with E-state index in [1.54, 1.807) is 0 Å². The summed E-state index contributed by atoms with van der Waals surface area (Å²) in [4.78, 5) is 0. The Bertz CT molecular complexity index is 293. The van der Waals surface area contributed by atoms with E-state index in [-0.39, 0.29) is 5.56 Å². The largest absolute Gasteiger partial charge is 0.503 e. The quantitative estimate of drug-likeness (QED) is 0.746. The maximum Gasteiger partial charge on any atom is 0.187 e. The fourth-order valence-electron chi connectivity index (χ4n) is 0.888. The van der Waals surface area contributed by atoms with Gasteiger partial charge in [-0.1, -0.05) is 0 Å². The van der Waals surface area contributed by atoms with Gasteiger partial charge in [0.2, 0.25) is 0 Å². The first-order valence-electron chi connectivity index (χ1n) is 3.55. The number of nitrogens with two attached hydrogens (primary N) is 1. The topological polar surface area (TPSA) is 46.2 Å². The van der Waals surface area contributed by atoms with Crippen LogP contribution in [0.4, 0.5) is 13.2 Å². The van der Waals surface area contributed by atoms with Gasteiger partial charge in [0.05, 0.1) is 6.04 Å². The van der Waals surface area contributed by atoms with Crippen LogP contribution in [0.5, 0.6) is 5.75 Å². The molecule has 0 aromatic heterocycles. The van der Waals surface area contributed by atoms with Crippen LogP contribution in [0.1, 0.15) is 11.6 Å². The van der Waals surface area contributed by atoms with Crippen molar-refractivity contribution in [1.82, 2.24) is 0 Å². The monoisotopic (exact) mass is 191 g/mol. The van der Waals surface area contributed by atoms with Crippen molar-refractivity contribution in [3.05, 3.63) is 29.3 Å². The Hall–Kier alpha value is -1.23. The fourth-order valence-corrected chi connectivity index (χ4v) is 0.888. The number of hydrogen-bond donors (Lipinski definition) is 2. The van der Waals surface area contributed by atoms with Crippen molar-refractivity contribution in [3.63, 3.8) is 0 Å². The molecule has 1 rings (SSSR count). The minimum Gasteiger partial charge on any atom is -0.503 e. The van der Waals surface area contributed by atoms with Crippen molar-refractivity contribution >= 4 is 0 Å². The number of alkyl halides is 1. The van der Waals surface area contributed by atoms with Gasteiger partial charge < -0.3 is 10.8 Å². The molecule has 5 heteroatoms. The molecule has 0 aliphatic rings. The fraction of sp³-hybridized carbons (Fsp3) is 0.250. The molecule has 0 spiro atoms. The van der Waals surface area contributed by atoms with E-state index < -0.39 is 30.1 Å². The number of hydrogen-bond acceptors (Lipinski definition) is 2. The van der Waals surface area contributed by atoms with Gasteiger partial charge >= 0.3 is 0 Å². The first-order valence-corrected chi connectivity index (χ1v) is 3.55. The molecule has 72 valence electrons. The Balaban J connectivity index is 3.13. The number of halogens is 3. The van der Waals surface area contributed by atoms with Crippen LogP contribution >= 0.6 is 0 Å². The normalized spacial score (nSPS) is 12.9. The predicted octanol–water partition coefficient (Wildman–Crippen LogP) is 1.64. The van der Waals surface area contributed by atoms with E-state index in [0.29, 0.717) is 0 Å². The Kier molecular flexibility index (Phi) is 2.77. The minimum absolute atomic E-state index is 0.0182. The van der Waals surface area contributed by atoms with Gasteiger partial charge in [0.1, 0.15) is 6.67 Å². The Morgan fingerprint density at radius 3 is 2.15 bits per heavy atom. The number of aromatic hydroxyl groups is 1. The molecule has 0 bridgehead atoms. The lowest BCUT2D eigenvalue weighted by molar-refractivity contribution is 0.391. The van der Waals surface area contributed by atoms with Gasteiger partial charge in [0.25, 0.3) is 0 Å². The molecule has 3 N–H and O–H groups in total. The van der Waals surface area contributed by atoms with Crippen LogP contribution in [0.2, 0.25) is 0 Å². The van der Waals surface area contributed by atoms with Gasteiger partial charge in [-0.25, -0.2) is 13.2 Å². The van der Waals surface area contributed by atoms with Crippen LogP contribution < -0.4 is 5.73 Å². The zero-order chi connectivity index (χ0) is 10.0. The summed E-state index contributed by atoms with van der Waals surface area (Å²) in [5, 5.41) is 8.70. The summed E-state index contributed by atoms with van der Waals surface area (Å²) in [6, 6.07) is 0.551. The first kappa shape index (κ1) is 9.85. The molecular weight excluding hydrogens is 183 g/mol. The average molecular weight is 191 g/mol. The molecule has 0 saturated heterocycles.